The molecule has 68 valence electrons. The zero-order valence-corrected chi connectivity index (χ0v) is 8.31. The van der Waals surface area contributed by atoms with E-state index in [1.165, 1.54) is 0 Å². The molecule has 1 aromatic heterocycles. The average Bonchev–Trinajstić information content (AvgIpc) is 2.59. The second-order valence-corrected chi connectivity index (χ2v) is 3.40. The van der Waals surface area contributed by atoms with Crippen LogP contribution < -0.4 is 4.74 Å². The number of hydrogen-bond acceptors (Lipinski definition) is 3. The van der Waals surface area contributed by atoms with Crippen molar-refractivity contribution in [2.45, 2.75) is 5.16 Å². The Kier molecular flexibility index (Phi) is 2.14. The van der Waals surface area contributed by atoms with E-state index in [9.17, 15) is 0 Å². The number of nitrogens with one attached hydrogen (secondary N) is 1. The van der Waals surface area contributed by atoms with Crippen molar-refractivity contribution in [2.24, 2.45) is 0 Å². The van der Waals surface area contributed by atoms with E-state index in [4.69, 9.17) is 4.74 Å². The largest absolute Gasteiger partial charge is 0.494 e. The third kappa shape index (κ3) is 1.37. The number of aromatic amines is 1. The van der Waals surface area contributed by atoms with Gasteiger partial charge in [0.15, 0.2) is 5.16 Å². The van der Waals surface area contributed by atoms with E-state index >= 15 is 0 Å². The Morgan fingerprint density at radius 1 is 1.46 bits per heavy atom. The number of rotatable bonds is 2. The van der Waals surface area contributed by atoms with Crippen molar-refractivity contribution in [3.05, 3.63) is 18.2 Å². The summed E-state index contributed by atoms with van der Waals surface area (Å²) in [5, 5.41) is 0.916. The third-order valence-corrected chi connectivity index (χ3v) is 2.45. The number of benzene rings is 1. The zero-order chi connectivity index (χ0) is 9.26. The summed E-state index contributed by atoms with van der Waals surface area (Å²) in [4.78, 5) is 7.58. The Bertz CT molecular complexity index is 424. The summed E-state index contributed by atoms with van der Waals surface area (Å²) in [5.41, 5.74) is 1.91. The molecule has 13 heavy (non-hydrogen) atoms. The molecule has 2 rings (SSSR count). The number of hydrogen-bond donors (Lipinski definition) is 1. The lowest BCUT2D eigenvalue weighted by molar-refractivity contribution is 0.419. The summed E-state index contributed by atoms with van der Waals surface area (Å²) in [6.07, 6.45) is 1.99. The summed E-state index contributed by atoms with van der Waals surface area (Å²) < 4.78 is 5.19. The van der Waals surface area contributed by atoms with Crippen molar-refractivity contribution in [3.8, 4) is 5.75 Å². The highest BCUT2D eigenvalue weighted by Crippen LogP contribution is 2.25. The van der Waals surface area contributed by atoms with Crippen molar-refractivity contribution < 1.29 is 4.74 Å². The van der Waals surface area contributed by atoms with Crippen LogP contribution in [0.2, 0.25) is 0 Å². The maximum Gasteiger partial charge on any atom is 0.166 e. The first kappa shape index (κ1) is 8.44. The summed E-state index contributed by atoms with van der Waals surface area (Å²) in [6.45, 7) is 0. The standard InChI is InChI=1S/C9H10N2OS/c1-12-7-5-3-4-6-8(7)11-9(10-6)13-2/h3-5H,1-2H3,(H,10,11). The number of para-hydroxylation sites is 1. The normalized spacial score (nSPS) is 10.6. The molecule has 0 fully saturated rings. The van der Waals surface area contributed by atoms with Crippen molar-refractivity contribution in [1.29, 1.82) is 0 Å². The molecule has 0 spiro atoms. The fourth-order valence-electron chi connectivity index (χ4n) is 1.24. The Balaban J connectivity index is 2.67. The molecular weight excluding hydrogens is 184 g/mol. The number of fused-ring (bicyclic) bond motifs is 1. The van der Waals surface area contributed by atoms with E-state index in [0.29, 0.717) is 0 Å². The smallest absolute Gasteiger partial charge is 0.166 e. The van der Waals surface area contributed by atoms with Crippen molar-refractivity contribution >= 4 is 22.8 Å². The molecule has 1 aromatic carbocycles. The van der Waals surface area contributed by atoms with Crippen LogP contribution in [0.4, 0.5) is 0 Å². The SMILES string of the molecule is COc1cccc2[nH]c(SC)nc12. The lowest BCUT2D eigenvalue weighted by atomic mass is 10.3. The first-order valence-electron chi connectivity index (χ1n) is 3.92. The second-order valence-electron chi connectivity index (χ2n) is 2.60. The number of thioether (sulfide) groups is 1. The molecule has 0 amide bonds. The number of imidazole rings is 1. The minimum absolute atomic E-state index is 0.814. The van der Waals surface area contributed by atoms with E-state index in [0.717, 1.165) is 21.9 Å². The van der Waals surface area contributed by atoms with Gasteiger partial charge in [-0.05, 0) is 18.4 Å². The number of nitrogens with zero attached hydrogens (tertiary/aromatic N) is 1. The number of aromatic nitrogens is 2. The van der Waals surface area contributed by atoms with Gasteiger partial charge in [0.05, 0.1) is 12.6 Å². The zero-order valence-electron chi connectivity index (χ0n) is 7.50. The van der Waals surface area contributed by atoms with Gasteiger partial charge in [-0.1, -0.05) is 17.8 Å². The summed E-state index contributed by atoms with van der Waals surface area (Å²) in [7, 11) is 1.65. The summed E-state index contributed by atoms with van der Waals surface area (Å²) in [5.74, 6) is 0.814. The highest BCUT2D eigenvalue weighted by Gasteiger charge is 2.05. The Morgan fingerprint density at radius 2 is 2.31 bits per heavy atom. The molecule has 0 saturated heterocycles. The number of H-pyrrole nitrogens is 1. The van der Waals surface area contributed by atoms with Crippen LogP contribution in [0.3, 0.4) is 0 Å². The molecule has 1 N–H and O–H groups in total. The van der Waals surface area contributed by atoms with Crippen molar-refractivity contribution in [2.75, 3.05) is 13.4 Å². The first-order valence-corrected chi connectivity index (χ1v) is 5.14. The second kappa shape index (κ2) is 3.30. The van der Waals surface area contributed by atoms with Crippen LogP contribution in [0.1, 0.15) is 0 Å². The fourth-order valence-corrected chi connectivity index (χ4v) is 1.64. The summed E-state index contributed by atoms with van der Waals surface area (Å²) in [6, 6.07) is 5.85. The molecule has 0 bridgehead atoms. The van der Waals surface area contributed by atoms with Gasteiger partial charge in [-0.15, -0.1) is 0 Å². The third-order valence-electron chi connectivity index (χ3n) is 1.87. The molecule has 0 saturated carbocycles. The van der Waals surface area contributed by atoms with Gasteiger partial charge in [-0.2, -0.15) is 0 Å². The molecule has 0 atom stereocenters. The highest BCUT2D eigenvalue weighted by molar-refractivity contribution is 7.98. The van der Waals surface area contributed by atoms with Gasteiger partial charge in [-0.25, -0.2) is 4.98 Å². The maximum atomic E-state index is 5.19. The Hall–Kier alpha value is -1.16. The van der Waals surface area contributed by atoms with Crippen LogP contribution in [0.15, 0.2) is 23.4 Å². The van der Waals surface area contributed by atoms with Gasteiger partial charge >= 0.3 is 0 Å². The van der Waals surface area contributed by atoms with Crippen molar-refractivity contribution in [1.82, 2.24) is 9.97 Å². The summed E-state index contributed by atoms with van der Waals surface area (Å²) >= 11 is 1.59. The predicted octanol–water partition coefficient (Wildman–Crippen LogP) is 2.29. The molecule has 0 unspecified atom stereocenters. The maximum absolute atomic E-state index is 5.19. The minimum atomic E-state index is 0.814. The van der Waals surface area contributed by atoms with Gasteiger partial charge in [0.1, 0.15) is 11.3 Å². The van der Waals surface area contributed by atoms with E-state index in [2.05, 4.69) is 9.97 Å². The van der Waals surface area contributed by atoms with E-state index < -0.39 is 0 Å². The van der Waals surface area contributed by atoms with Crippen LogP contribution in [-0.2, 0) is 0 Å². The Labute approximate surface area is 80.5 Å². The lowest BCUT2D eigenvalue weighted by Crippen LogP contribution is -1.83. The monoisotopic (exact) mass is 194 g/mol. The van der Waals surface area contributed by atoms with E-state index in [1.54, 1.807) is 18.9 Å². The molecule has 0 aliphatic heterocycles. The molecule has 0 radical (unpaired) electrons. The fraction of sp³-hybridized carbons (Fsp3) is 0.222. The average molecular weight is 194 g/mol. The molecule has 4 heteroatoms. The topological polar surface area (TPSA) is 37.9 Å². The van der Waals surface area contributed by atoms with Crippen LogP contribution in [0.5, 0.6) is 5.75 Å². The molecular formula is C9H10N2OS. The molecule has 3 nitrogen and oxygen atoms in total. The molecule has 2 aromatic rings. The minimum Gasteiger partial charge on any atom is -0.494 e. The van der Waals surface area contributed by atoms with Gasteiger partial charge in [0.2, 0.25) is 0 Å². The van der Waals surface area contributed by atoms with Crippen LogP contribution in [-0.4, -0.2) is 23.3 Å². The number of methoxy groups -OCH3 is 1. The van der Waals surface area contributed by atoms with E-state index in [-0.39, 0.29) is 0 Å². The highest BCUT2D eigenvalue weighted by atomic mass is 32.2. The Morgan fingerprint density at radius 3 is 3.00 bits per heavy atom. The first-order chi connectivity index (χ1) is 6.35. The van der Waals surface area contributed by atoms with Crippen LogP contribution in [0, 0.1) is 0 Å². The van der Waals surface area contributed by atoms with Gasteiger partial charge in [0, 0.05) is 0 Å². The van der Waals surface area contributed by atoms with Gasteiger partial charge in [-0.3, -0.25) is 0 Å². The molecule has 0 aliphatic rings. The van der Waals surface area contributed by atoms with Gasteiger partial charge in [0.25, 0.3) is 0 Å². The quantitative estimate of drug-likeness (QED) is 0.745. The van der Waals surface area contributed by atoms with Crippen LogP contribution >= 0.6 is 11.8 Å². The number of ether oxygens (including phenoxy) is 1. The lowest BCUT2D eigenvalue weighted by Gasteiger charge is -1.97. The van der Waals surface area contributed by atoms with E-state index in [1.807, 2.05) is 24.5 Å². The molecule has 0 aliphatic carbocycles. The van der Waals surface area contributed by atoms with Crippen molar-refractivity contribution in [3.63, 3.8) is 0 Å². The molecule has 1 heterocycles. The predicted molar refractivity (Wildman–Crippen MR) is 54.4 cm³/mol. The van der Waals surface area contributed by atoms with Crippen LogP contribution in [0.25, 0.3) is 11.0 Å². The van der Waals surface area contributed by atoms with Gasteiger partial charge < -0.3 is 9.72 Å².